The quantitative estimate of drug-likeness (QED) is 0.112. The number of para-hydroxylation sites is 1. The maximum atomic E-state index is 13.5. The molecule has 6 aromatic carbocycles. The molecular weight excluding hydrogens is 969 g/mol. The summed E-state index contributed by atoms with van der Waals surface area (Å²) in [6.07, 6.45) is -1.12. The number of nitrogens with one attached hydrogen (secondary N) is 2. The van der Waals surface area contributed by atoms with Crippen molar-refractivity contribution in [1.82, 2.24) is 9.97 Å². The van der Waals surface area contributed by atoms with E-state index in [9.17, 15) is 31.6 Å². The first-order valence-electron chi connectivity index (χ1n) is 23.8. The summed E-state index contributed by atoms with van der Waals surface area (Å²) in [5.41, 5.74) is 1.93. The number of carbonyl (C=O) groups is 3. The van der Waals surface area contributed by atoms with Crippen molar-refractivity contribution in [2.24, 2.45) is 5.14 Å². The predicted octanol–water partition coefficient (Wildman–Crippen LogP) is 9.31. The van der Waals surface area contributed by atoms with Crippen LogP contribution in [0.3, 0.4) is 0 Å². The van der Waals surface area contributed by atoms with Crippen LogP contribution in [0, 0.1) is 0 Å². The third-order valence-corrected chi connectivity index (χ3v) is 14.8. The Morgan fingerprint density at radius 1 is 0.662 bits per heavy atom. The highest BCUT2D eigenvalue weighted by molar-refractivity contribution is 7.89. The second kappa shape index (κ2) is 18.5. The van der Waals surface area contributed by atoms with Crippen LogP contribution in [-0.4, -0.2) is 69.1 Å². The lowest BCUT2D eigenvalue weighted by atomic mass is 9.94. The van der Waals surface area contributed by atoms with Gasteiger partial charge in [-0.2, -0.15) is 0 Å². The van der Waals surface area contributed by atoms with E-state index >= 15 is 0 Å². The van der Waals surface area contributed by atoms with Crippen LogP contribution in [0.25, 0.3) is 32.8 Å². The third kappa shape index (κ3) is 9.29. The van der Waals surface area contributed by atoms with Gasteiger partial charge in [-0.05, 0) is 108 Å². The van der Waals surface area contributed by atoms with Crippen molar-refractivity contribution in [3.8, 4) is 28.5 Å². The number of fused-ring (bicyclic) bond motifs is 3. The lowest BCUT2D eigenvalue weighted by Gasteiger charge is -2.35. The van der Waals surface area contributed by atoms with E-state index in [1.54, 1.807) is 31.4 Å². The second-order valence-corrected chi connectivity index (χ2v) is 20.2. The molecule has 374 valence electrons. The van der Waals surface area contributed by atoms with Crippen molar-refractivity contribution in [3.63, 3.8) is 0 Å². The van der Waals surface area contributed by atoms with Gasteiger partial charge in [-0.15, -0.1) is 8.78 Å². The smallest absolute Gasteiger partial charge is 0.497 e. The number of carbonyl (C=O) groups excluding carboxylic acids is 3. The average Bonchev–Trinajstić information content (AvgIpc) is 4.35. The molecule has 4 heterocycles. The highest BCUT2D eigenvalue weighted by atomic mass is 32.2. The first-order chi connectivity index (χ1) is 35.6. The van der Waals surface area contributed by atoms with E-state index in [1.165, 1.54) is 24.3 Å². The first-order valence-corrected chi connectivity index (χ1v) is 25.4. The standard InChI is InChI=1S/C30H28N4O3.C26H19F2N3O5S/c1-37-24-13-11-22(12-14-24)30(15-16-30)29(36)32-26-19-21-7-5-6-10-25(21)28(31-26)33-17-18-34(27(35)20-33)23-8-3-2-4-9-23;27-26(28)35-20-9-8-17(14-21(20)36-26)25(10-11-25)24(32)31-22-13-15-4-1-2-7-19(15)23(30-22)16-5-3-6-18(12-16)37(29,33)34/h2-14,19H,15-18,20H2,1H3,(H,31,32,36);1-9,12-14H,10-11H2,(H2,29,33,34)(H,30,31,32). The Bertz CT molecular complexity index is 3650. The highest BCUT2D eigenvalue weighted by Crippen LogP contribution is 2.53. The number of sulfonamides is 1. The molecule has 74 heavy (non-hydrogen) atoms. The molecule has 2 aliphatic carbocycles. The second-order valence-electron chi connectivity index (χ2n) is 18.6. The summed E-state index contributed by atoms with van der Waals surface area (Å²) in [6.45, 7) is 1.43. The van der Waals surface area contributed by atoms with Crippen LogP contribution in [0.5, 0.6) is 17.2 Å². The molecule has 4 aliphatic rings. The number of amides is 3. The van der Waals surface area contributed by atoms with Gasteiger partial charge in [0.05, 0.1) is 35.1 Å². The number of hydrogen-bond acceptors (Lipinski definition) is 11. The molecule has 15 nitrogen and oxygen atoms in total. The Hall–Kier alpha value is -8.48. The molecule has 0 unspecified atom stereocenters. The van der Waals surface area contributed by atoms with Gasteiger partial charge in [0.25, 0.3) is 0 Å². The zero-order chi connectivity index (χ0) is 51.4. The number of nitrogens with zero attached hydrogens (tertiary/aromatic N) is 4. The van der Waals surface area contributed by atoms with E-state index in [-0.39, 0.29) is 46.5 Å². The van der Waals surface area contributed by atoms with Crippen LogP contribution in [0.4, 0.5) is 31.9 Å². The lowest BCUT2D eigenvalue weighted by molar-refractivity contribution is -0.286. The molecule has 0 spiro atoms. The number of primary sulfonamides is 1. The zero-order valence-electron chi connectivity index (χ0n) is 39.8. The molecule has 0 atom stereocenters. The number of anilines is 4. The minimum atomic E-state index is -3.93. The Morgan fingerprint density at radius 3 is 1.91 bits per heavy atom. The summed E-state index contributed by atoms with van der Waals surface area (Å²) >= 11 is 0. The summed E-state index contributed by atoms with van der Waals surface area (Å²) in [5.74, 6) is 1.65. The van der Waals surface area contributed by atoms with Crippen LogP contribution >= 0.6 is 0 Å². The molecule has 3 fully saturated rings. The van der Waals surface area contributed by atoms with Crippen molar-refractivity contribution in [2.45, 2.75) is 47.7 Å². The van der Waals surface area contributed by atoms with E-state index in [1.807, 2.05) is 119 Å². The van der Waals surface area contributed by atoms with Crippen molar-refractivity contribution in [3.05, 3.63) is 169 Å². The van der Waals surface area contributed by atoms with Crippen LogP contribution in [-0.2, 0) is 35.2 Å². The SMILES string of the molecule is COc1ccc(C2(C(=O)Nc3cc4ccccc4c(N4CCN(c5ccccc5)C(=O)C4)n3)CC2)cc1.NS(=O)(=O)c1cccc(-c2nc(NC(=O)C3(c4ccc5c(c4)OC(F)(F)O5)CC3)cc3ccccc23)c1. The molecule has 1 saturated heterocycles. The largest absolute Gasteiger partial charge is 0.586 e. The Labute approximate surface area is 423 Å². The summed E-state index contributed by atoms with van der Waals surface area (Å²) in [4.78, 5) is 53.3. The molecule has 0 bridgehead atoms. The average molecular weight is 1020 g/mol. The number of piperazine rings is 1. The van der Waals surface area contributed by atoms with Gasteiger partial charge in [0.15, 0.2) is 11.5 Å². The molecule has 18 heteroatoms. The number of halogens is 2. The van der Waals surface area contributed by atoms with Gasteiger partial charge in [0.2, 0.25) is 27.7 Å². The number of hydrogen-bond donors (Lipinski definition) is 3. The minimum absolute atomic E-state index is 0.0224. The number of methoxy groups -OCH3 is 1. The van der Waals surface area contributed by atoms with Gasteiger partial charge in [0.1, 0.15) is 23.2 Å². The van der Waals surface area contributed by atoms with E-state index in [4.69, 9.17) is 14.9 Å². The summed E-state index contributed by atoms with van der Waals surface area (Å²) < 4.78 is 65.0. The van der Waals surface area contributed by atoms with Gasteiger partial charge >= 0.3 is 6.29 Å². The summed E-state index contributed by atoms with van der Waals surface area (Å²) in [7, 11) is -2.30. The Kier molecular flexibility index (Phi) is 12.0. The van der Waals surface area contributed by atoms with Crippen LogP contribution in [0.1, 0.15) is 36.8 Å². The highest BCUT2D eigenvalue weighted by Gasteiger charge is 2.53. The molecule has 2 saturated carbocycles. The van der Waals surface area contributed by atoms with Gasteiger partial charge in [-0.3, -0.25) is 14.4 Å². The minimum Gasteiger partial charge on any atom is -0.497 e. The summed E-state index contributed by atoms with van der Waals surface area (Å²) in [6, 6.07) is 46.8. The van der Waals surface area contributed by atoms with Crippen molar-refractivity contribution < 1.29 is 45.8 Å². The van der Waals surface area contributed by atoms with E-state index in [0.29, 0.717) is 54.4 Å². The topological polar surface area (TPSA) is 195 Å². The van der Waals surface area contributed by atoms with Gasteiger partial charge in [-0.25, -0.2) is 23.5 Å². The van der Waals surface area contributed by atoms with Crippen LogP contribution < -0.4 is 39.8 Å². The molecule has 8 aromatic rings. The van der Waals surface area contributed by atoms with Crippen molar-refractivity contribution >= 4 is 72.4 Å². The fourth-order valence-electron chi connectivity index (χ4n) is 9.70. The number of benzene rings is 6. The van der Waals surface area contributed by atoms with Crippen LogP contribution in [0.15, 0.2) is 163 Å². The first kappa shape index (κ1) is 47.8. The molecule has 2 aliphatic heterocycles. The molecule has 12 rings (SSSR count). The molecule has 0 radical (unpaired) electrons. The number of ether oxygens (including phenoxy) is 3. The maximum Gasteiger partial charge on any atom is 0.586 e. The third-order valence-electron chi connectivity index (χ3n) is 13.9. The number of rotatable bonds is 11. The maximum absolute atomic E-state index is 13.5. The molecular formula is C56H47F2N7O8S. The van der Waals surface area contributed by atoms with Gasteiger partial charge in [0, 0.05) is 35.1 Å². The van der Waals surface area contributed by atoms with Crippen molar-refractivity contribution in [1.29, 1.82) is 0 Å². The Morgan fingerprint density at radius 2 is 1.26 bits per heavy atom. The molecule has 3 amide bonds. The number of aromatic nitrogens is 2. The van der Waals surface area contributed by atoms with Gasteiger partial charge in [-0.1, -0.05) is 97.1 Å². The normalized spacial score (nSPS) is 16.7. The zero-order valence-corrected chi connectivity index (χ0v) is 40.6. The fraction of sp³-hybridized carbons (Fsp3) is 0.196. The fourth-order valence-corrected chi connectivity index (χ4v) is 10.3. The predicted molar refractivity (Wildman–Crippen MR) is 276 cm³/mol. The van der Waals surface area contributed by atoms with E-state index < -0.39 is 27.1 Å². The lowest BCUT2D eigenvalue weighted by Crippen LogP contribution is -2.51. The molecule has 4 N–H and O–H groups in total. The molecule has 2 aromatic heterocycles. The van der Waals surface area contributed by atoms with E-state index in [2.05, 4.69) is 25.1 Å². The van der Waals surface area contributed by atoms with Crippen molar-refractivity contribution in [2.75, 3.05) is 47.2 Å². The Balaban J connectivity index is 0.000000159. The van der Waals surface area contributed by atoms with Crippen LogP contribution in [0.2, 0.25) is 0 Å². The van der Waals surface area contributed by atoms with E-state index in [0.717, 1.165) is 51.4 Å². The number of nitrogens with two attached hydrogens (primary N) is 1. The monoisotopic (exact) mass is 1020 g/mol. The number of pyridine rings is 2. The van der Waals surface area contributed by atoms with Gasteiger partial charge < -0.3 is 34.6 Å². The summed E-state index contributed by atoms with van der Waals surface area (Å²) in [5, 5.41) is 14.7. The number of alkyl halides is 2.